The molecule has 1 N–H and O–H groups in total. The summed E-state index contributed by atoms with van der Waals surface area (Å²) in [5, 5.41) is 7.89. The predicted molar refractivity (Wildman–Crippen MR) is 139 cm³/mol. The first-order valence-corrected chi connectivity index (χ1v) is 11.9. The number of hydrogen-bond acceptors (Lipinski definition) is 5. The zero-order valence-corrected chi connectivity index (χ0v) is 19.5. The van der Waals surface area contributed by atoms with Gasteiger partial charge in [-0.3, -0.25) is 0 Å². The maximum absolute atomic E-state index is 4.59. The SMILES string of the molecule is C=C(Nc1cc2cc(-c3cc(C)cs3)ccc2cn1)c1ccc(N2CCN(C)CC2)cc1. The van der Waals surface area contributed by atoms with Gasteiger partial charge in [0.2, 0.25) is 0 Å². The number of piperazine rings is 1. The minimum Gasteiger partial charge on any atom is -0.369 e. The monoisotopic (exact) mass is 440 g/mol. The Labute approximate surface area is 193 Å². The summed E-state index contributed by atoms with van der Waals surface area (Å²) in [4.78, 5) is 10.7. The van der Waals surface area contributed by atoms with E-state index in [4.69, 9.17) is 0 Å². The summed E-state index contributed by atoms with van der Waals surface area (Å²) in [7, 11) is 2.18. The summed E-state index contributed by atoms with van der Waals surface area (Å²) in [6.07, 6.45) is 1.92. The van der Waals surface area contributed by atoms with Crippen LogP contribution in [0.2, 0.25) is 0 Å². The number of pyridine rings is 1. The first-order valence-electron chi connectivity index (χ1n) is 11.0. The maximum Gasteiger partial charge on any atom is 0.130 e. The number of hydrogen-bond donors (Lipinski definition) is 1. The number of rotatable bonds is 5. The van der Waals surface area contributed by atoms with Crippen LogP contribution >= 0.6 is 11.3 Å². The summed E-state index contributed by atoms with van der Waals surface area (Å²) in [5.41, 5.74) is 5.75. The highest BCUT2D eigenvalue weighted by Gasteiger charge is 2.14. The molecule has 0 atom stereocenters. The molecular weight excluding hydrogens is 412 g/mol. The third-order valence-electron chi connectivity index (χ3n) is 6.10. The number of likely N-dealkylation sites (N-methyl/N-ethyl adjacent to an activating group) is 1. The van der Waals surface area contributed by atoms with Gasteiger partial charge in [0.15, 0.2) is 0 Å². The standard InChI is InChI=1S/C27H28N4S/c1-19-14-26(32-18-19)22-4-5-23-17-28-27(16-24(23)15-22)29-20(2)21-6-8-25(9-7-21)31-12-10-30(3)11-13-31/h4-9,14-18H,2,10-13H2,1,3H3,(H,28,29). The molecule has 5 heteroatoms. The van der Waals surface area contributed by atoms with Gasteiger partial charge >= 0.3 is 0 Å². The van der Waals surface area contributed by atoms with Gasteiger partial charge in [-0.25, -0.2) is 4.98 Å². The third-order valence-corrected chi connectivity index (χ3v) is 7.20. The number of benzene rings is 2. The second kappa shape index (κ2) is 8.77. The van der Waals surface area contributed by atoms with E-state index in [2.05, 4.69) is 101 Å². The van der Waals surface area contributed by atoms with Gasteiger partial charge in [-0.2, -0.15) is 0 Å². The molecule has 0 spiro atoms. The second-order valence-corrected chi connectivity index (χ2v) is 9.47. The molecule has 1 aliphatic rings. The molecule has 4 nitrogen and oxygen atoms in total. The fourth-order valence-corrected chi connectivity index (χ4v) is 5.01. The summed E-state index contributed by atoms with van der Waals surface area (Å²) in [6, 6.07) is 19.5. The molecule has 5 rings (SSSR count). The highest BCUT2D eigenvalue weighted by molar-refractivity contribution is 7.13. The molecule has 2 aromatic heterocycles. The Morgan fingerprint density at radius 2 is 1.75 bits per heavy atom. The summed E-state index contributed by atoms with van der Waals surface area (Å²) in [6.45, 7) is 10.7. The number of thiophene rings is 1. The number of aryl methyl sites for hydroxylation is 1. The molecule has 32 heavy (non-hydrogen) atoms. The molecule has 4 aromatic rings. The number of nitrogens with one attached hydrogen (secondary N) is 1. The van der Waals surface area contributed by atoms with Crippen molar-refractivity contribution in [2.45, 2.75) is 6.92 Å². The average Bonchev–Trinajstić information content (AvgIpc) is 3.25. The largest absolute Gasteiger partial charge is 0.369 e. The first-order chi connectivity index (χ1) is 15.5. The van der Waals surface area contributed by atoms with E-state index < -0.39 is 0 Å². The highest BCUT2D eigenvalue weighted by atomic mass is 32.1. The number of fused-ring (bicyclic) bond motifs is 1. The molecule has 0 aliphatic carbocycles. The third kappa shape index (κ3) is 4.40. The molecule has 1 fully saturated rings. The Morgan fingerprint density at radius 3 is 2.47 bits per heavy atom. The maximum atomic E-state index is 4.59. The zero-order valence-electron chi connectivity index (χ0n) is 18.6. The van der Waals surface area contributed by atoms with Gasteiger partial charge < -0.3 is 15.1 Å². The van der Waals surface area contributed by atoms with E-state index in [1.165, 1.54) is 27.1 Å². The van der Waals surface area contributed by atoms with E-state index >= 15 is 0 Å². The molecule has 0 saturated carbocycles. The molecule has 2 aromatic carbocycles. The lowest BCUT2D eigenvalue weighted by molar-refractivity contribution is 0.313. The fraction of sp³-hybridized carbons (Fsp3) is 0.222. The van der Waals surface area contributed by atoms with Crippen molar-refractivity contribution in [1.29, 1.82) is 0 Å². The number of nitrogens with zero attached hydrogens (tertiary/aromatic N) is 3. The Hall–Kier alpha value is -3.15. The molecule has 0 radical (unpaired) electrons. The predicted octanol–water partition coefficient (Wildman–Crippen LogP) is 6.11. The molecular formula is C27H28N4S. The lowest BCUT2D eigenvalue weighted by Gasteiger charge is -2.34. The van der Waals surface area contributed by atoms with Crippen molar-refractivity contribution in [2.24, 2.45) is 0 Å². The van der Waals surface area contributed by atoms with Crippen molar-refractivity contribution in [3.63, 3.8) is 0 Å². The smallest absolute Gasteiger partial charge is 0.130 e. The van der Waals surface area contributed by atoms with E-state index in [0.717, 1.165) is 48.6 Å². The second-order valence-electron chi connectivity index (χ2n) is 8.56. The van der Waals surface area contributed by atoms with Crippen LogP contribution in [-0.4, -0.2) is 43.1 Å². The Balaban J connectivity index is 1.31. The molecule has 1 saturated heterocycles. The topological polar surface area (TPSA) is 31.4 Å². The minimum absolute atomic E-state index is 0.810. The van der Waals surface area contributed by atoms with Gasteiger partial charge in [-0.15, -0.1) is 11.3 Å². The molecule has 3 heterocycles. The minimum atomic E-state index is 0.810. The van der Waals surface area contributed by atoms with Crippen LogP contribution in [0.15, 0.2) is 72.8 Å². The van der Waals surface area contributed by atoms with E-state index in [1.807, 2.05) is 6.20 Å². The Bertz CT molecular complexity index is 1250. The molecule has 162 valence electrons. The van der Waals surface area contributed by atoms with Crippen LogP contribution in [0, 0.1) is 6.92 Å². The average molecular weight is 441 g/mol. The summed E-state index contributed by atoms with van der Waals surface area (Å²) >= 11 is 1.78. The van der Waals surface area contributed by atoms with E-state index in [9.17, 15) is 0 Å². The van der Waals surface area contributed by atoms with Crippen LogP contribution in [0.1, 0.15) is 11.1 Å². The summed E-state index contributed by atoms with van der Waals surface area (Å²) in [5.74, 6) is 0.810. The quantitative estimate of drug-likeness (QED) is 0.406. The van der Waals surface area contributed by atoms with Crippen molar-refractivity contribution >= 4 is 39.3 Å². The number of anilines is 2. The van der Waals surface area contributed by atoms with Crippen LogP contribution in [-0.2, 0) is 0 Å². The van der Waals surface area contributed by atoms with Crippen LogP contribution in [0.3, 0.4) is 0 Å². The van der Waals surface area contributed by atoms with E-state index in [0.29, 0.717) is 0 Å². The van der Waals surface area contributed by atoms with Crippen molar-refractivity contribution in [3.8, 4) is 10.4 Å². The Kier molecular flexibility index (Phi) is 5.68. The van der Waals surface area contributed by atoms with Crippen LogP contribution in [0.5, 0.6) is 0 Å². The number of aromatic nitrogens is 1. The van der Waals surface area contributed by atoms with Gasteiger partial charge in [0.25, 0.3) is 0 Å². The van der Waals surface area contributed by atoms with Gasteiger partial charge in [0.05, 0.1) is 0 Å². The molecule has 0 unspecified atom stereocenters. The van der Waals surface area contributed by atoms with Gasteiger partial charge in [-0.1, -0.05) is 30.8 Å². The van der Waals surface area contributed by atoms with E-state index in [-0.39, 0.29) is 0 Å². The van der Waals surface area contributed by atoms with Crippen molar-refractivity contribution in [2.75, 3.05) is 43.4 Å². The normalized spacial score (nSPS) is 14.6. The molecule has 0 bridgehead atoms. The van der Waals surface area contributed by atoms with Crippen LogP contribution < -0.4 is 10.2 Å². The first kappa shape index (κ1) is 20.7. The van der Waals surface area contributed by atoms with Crippen LogP contribution in [0.25, 0.3) is 26.9 Å². The Morgan fingerprint density at radius 1 is 0.969 bits per heavy atom. The molecule has 1 aliphatic heterocycles. The lowest BCUT2D eigenvalue weighted by Crippen LogP contribution is -2.44. The zero-order chi connectivity index (χ0) is 22.1. The molecule has 0 amide bonds. The fourth-order valence-electron chi connectivity index (χ4n) is 4.11. The van der Waals surface area contributed by atoms with Crippen molar-refractivity contribution < 1.29 is 0 Å². The highest BCUT2D eigenvalue weighted by Crippen LogP contribution is 2.30. The lowest BCUT2D eigenvalue weighted by atomic mass is 10.1. The van der Waals surface area contributed by atoms with Crippen molar-refractivity contribution in [1.82, 2.24) is 9.88 Å². The van der Waals surface area contributed by atoms with E-state index in [1.54, 1.807) is 11.3 Å². The van der Waals surface area contributed by atoms with Gasteiger partial charge in [-0.05, 0) is 71.8 Å². The summed E-state index contributed by atoms with van der Waals surface area (Å²) < 4.78 is 0. The van der Waals surface area contributed by atoms with Gasteiger partial charge in [0, 0.05) is 54.0 Å². The van der Waals surface area contributed by atoms with Gasteiger partial charge in [0.1, 0.15) is 5.82 Å². The van der Waals surface area contributed by atoms with Crippen molar-refractivity contribution in [3.05, 3.63) is 83.9 Å². The van der Waals surface area contributed by atoms with Crippen LogP contribution in [0.4, 0.5) is 11.5 Å².